The first kappa shape index (κ1) is 9.07. The molecule has 2 nitrogen and oxygen atoms in total. The molecule has 2 rings (SSSR count). The summed E-state index contributed by atoms with van der Waals surface area (Å²) in [5, 5.41) is 4.40. The number of halogens is 1. The Morgan fingerprint density at radius 2 is 2.23 bits per heavy atom. The van der Waals surface area contributed by atoms with Gasteiger partial charge in [0, 0.05) is 11.3 Å². The van der Waals surface area contributed by atoms with Crippen molar-refractivity contribution >= 4 is 11.6 Å². The van der Waals surface area contributed by atoms with Crippen LogP contribution in [-0.2, 0) is 5.88 Å². The maximum atomic E-state index is 5.80. The zero-order valence-electron chi connectivity index (χ0n) is 7.96. The normalized spacial score (nSPS) is 18.3. The lowest BCUT2D eigenvalue weighted by Crippen LogP contribution is -2.08. The summed E-state index contributed by atoms with van der Waals surface area (Å²) >= 11 is 5.80. The minimum atomic E-state index is 0.582. The van der Waals surface area contributed by atoms with Crippen molar-refractivity contribution in [2.75, 3.05) is 0 Å². The minimum Gasteiger partial charge on any atom is -0.267 e. The molecule has 0 bridgehead atoms. The summed E-state index contributed by atoms with van der Waals surface area (Å²) in [7, 11) is 0. The second-order valence-corrected chi connectivity index (χ2v) is 4.04. The molecule has 0 aliphatic heterocycles. The van der Waals surface area contributed by atoms with E-state index in [9.17, 15) is 0 Å². The SMILES string of the molecule is Cc1c(CCl)cnn1C1CCCC1. The van der Waals surface area contributed by atoms with Crippen molar-refractivity contribution in [2.45, 2.75) is 44.5 Å². The topological polar surface area (TPSA) is 17.8 Å². The molecule has 0 N–H and O–H groups in total. The first-order valence-electron chi connectivity index (χ1n) is 4.92. The molecule has 0 saturated heterocycles. The van der Waals surface area contributed by atoms with Gasteiger partial charge in [0.25, 0.3) is 0 Å². The van der Waals surface area contributed by atoms with Gasteiger partial charge in [0.15, 0.2) is 0 Å². The maximum Gasteiger partial charge on any atom is 0.0536 e. The fourth-order valence-electron chi connectivity index (χ4n) is 2.11. The number of hydrogen-bond donors (Lipinski definition) is 0. The van der Waals surface area contributed by atoms with Crippen LogP contribution in [0.3, 0.4) is 0 Å². The van der Waals surface area contributed by atoms with Gasteiger partial charge in [-0.25, -0.2) is 0 Å². The largest absolute Gasteiger partial charge is 0.267 e. The summed E-state index contributed by atoms with van der Waals surface area (Å²) in [6.07, 6.45) is 7.16. The Morgan fingerprint density at radius 1 is 1.54 bits per heavy atom. The summed E-state index contributed by atoms with van der Waals surface area (Å²) in [5.74, 6) is 0.582. The van der Waals surface area contributed by atoms with E-state index in [1.807, 2.05) is 6.20 Å². The van der Waals surface area contributed by atoms with E-state index in [0.717, 1.165) is 0 Å². The van der Waals surface area contributed by atoms with E-state index in [0.29, 0.717) is 11.9 Å². The zero-order valence-corrected chi connectivity index (χ0v) is 8.72. The maximum absolute atomic E-state index is 5.80. The average Bonchev–Trinajstić information content (AvgIpc) is 2.72. The molecule has 0 radical (unpaired) electrons. The third kappa shape index (κ3) is 1.60. The van der Waals surface area contributed by atoms with E-state index in [4.69, 9.17) is 11.6 Å². The van der Waals surface area contributed by atoms with Gasteiger partial charge in [0.2, 0.25) is 0 Å². The molecule has 1 fully saturated rings. The Bertz CT molecular complexity index is 287. The number of hydrogen-bond acceptors (Lipinski definition) is 1. The molecule has 0 spiro atoms. The monoisotopic (exact) mass is 198 g/mol. The molecule has 1 aliphatic carbocycles. The lowest BCUT2D eigenvalue weighted by atomic mass is 10.2. The van der Waals surface area contributed by atoms with Gasteiger partial charge in [-0.1, -0.05) is 12.8 Å². The highest BCUT2D eigenvalue weighted by molar-refractivity contribution is 6.17. The van der Waals surface area contributed by atoms with E-state index in [1.165, 1.54) is 36.9 Å². The van der Waals surface area contributed by atoms with E-state index in [2.05, 4.69) is 16.7 Å². The Morgan fingerprint density at radius 3 is 2.77 bits per heavy atom. The van der Waals surface area contributed by atoms with Gasteiger partial charge in [-0.3, -0.25) is 4.68 Å². The minimum absolute atomic E-state index is 0.582. The van der Waals surface area contributed by atoms with Gasteiger partial charge >= 0.3 is 0 Å². The molecule has 0 atom stereocenters. The molecule has 1 saturated carbocycles. The second kappa shape index (κ2) is 3.70. The number of nitrogens with zero attached hydrogens (tertiary/aromatic N) is 2. The molecular weight excluding hydrogens is 184 g/mol. The van der Waals surface area contributed by atoms with Gasteiger partial charge in [-0.15, -0.1) is 11.6 Å². The average molecular weight is 199 g/mol. The molecule has 0 aromatic carbocycles. The van der Waals surface area contributed by atoms with E-state index in [-0.39, 0.29) is 0 Å². The summed E-state index contributed by atoms with van der Waals surface area (Å²) < 4.78 is 2.16. The molecular formula is C10H15ClN2. The van der Waals surface area contributed by atoms with Crippen molar-refractivity contribution in [3.05, 3.63) is 17.5 Å². The highest BCUT2D eigenvalue weighted by Crippen LogP contribution is 2.30. The van der Waals surface area contributed by atoms with Crippen LogP contribution >= 0.6 is 11.6 Å². The number of aromatic nitrogens is 2. The molecule has 72 valence electrons. The van der Waals surface area contributed by atoms with Gasteiger partial charge in [-0.2, -0.15) is 5.10 Å². The molecule has 0 unspecified atom stereocenters. The van der Waals surface area contributed by atoms with Crippen LogP contribution in [0.1, 0.15) is 43.0 Å². The van der Waals surface area contributed by atoms with Crippen molar-refractivity contribution in [3.8, 4) is 0 Å². The van der Waals surface area contributed by atoms with Crippen LogP contribution in [0.5, 0.6) is 0 Å². The van der Waals surface area contributed by atoms with Crippen LogP contribution in [0.25, 0.3) is 0 Å². The summed E-state index contributed by atoms with van der Waals surface area (Å²) in [5.41, 5.74) is 2.43. The van der Waals surface area contributed by atoms with Gasteiger partial charge in [-0.05, 0) is 19.8 Å². The summed E-state index contributed by atoms with van der Waals surface area (Å²) in [4.78, 5) is 0. The van der Waals surface area contributed by atoms with Crippen LogP contribution in [0, 0.1) is 6.92 Å². The molecule has 1 aromatic heterocycles. The van der Waals surface area contributed by atoms with Gasteiger partial charge < -0.3 is 0 Å². The quantitative estimate of drug-likeness (QED) is 0.668. The summed E-state index contributed by atoms with van der Waals surface area (Å²) in [6.45, 7) is 2.11. The molecule has 1 aromatic rings. The standard InChI is InChI=1S/C10H15ClN2/c1-8-9(6-11)7-12-13(8)10-4-2-3-5-10/h7,10H,2-6H2,1H3. The molecule has 1 aliphatic rings. The Hall–Kier alpha value is -0.500. The van der Waals surface area contributed by atoms with Crippen molar-refractivity contribution in [3.63, 3.8) is 0 Å². The third-order valence-electron chi connectivity index (χ3n) is 2.96. The van der Waals surface area contributed by atoms with Crippen LogP contribution in [0.2, 0.25) is 0 Å². The molecule has 13 heavy (non-hydrogen) atoms. The van der Waals surface area contributed by atoms with Crippen LogP contribution in [0.15, 0.2) is 6.20 Å². The van der Waals surface area contributed by atoms with E-state index >= 15 is 0 Å². The molecule has 0 amide bonds. The first-order valence-corrected chi connectivity index (χ1v) is 5.45. The van der Waals surface area contributed by atoms with Crippen molar-refractivity contribution in [1.29, 1.82) is 0 Å². The van der Waals surface area contributed by atoms with Gasteiger partial charge in [0.1, 0.15) is 0 Å². The summed E-state index contributed by atoms with van der Waals surface area (Å²) in [6, 6.07) is 0.636. The van der Waals surface area contributed by atoms with Gasteiger partial charge in [0.05, 0.1) is 18.1 Å². The van der Waals surface area contributed by atoms with Crippen molar-refractivity contribution in [2.24, 2.45) is 0 Å². The number of rotatable bonds is 2. The third-order valence-corrected chi connectivity index (χ3v) is 3.25. The van der Waals surface area contributed by atoms with E-state index < -0.39 is 0 Å². The smallest absolute Gasteiger partial charge is 0.0536 e. The predicted octanol–water partition coefficient (Wildman–Crippen LogP) is 3.05. The Kier molecular flexibility index (Phi) is 2.58. The van der Waals surface area contributed by atoms with Crippen LogP contribution in [-0.4, -0.2) is 9.78 Å². The van der Waals surface area contributed by atoms with Crippen molar-refractivity contribution in [1.82, 2.24) is 9.78 Å². The second-order valence-electron chi connectivity index (χ2n) is 3.77. The Balaban J connectivity index is 2.24. The highest BCUT2D eigenvalue weighted by Gasteiger charge is 2.19. The fourth-order valence-corrected chi connectivity index (χ4v) is 2.37. The lowest BCUT2D eigenvalue weighted by molar-refractivity contribution is 0.456. The highest BCUT2D eigenvalue weighted by atomic mass is 35.5. The predicted molar refractivity (Wildman–Crippen MR) is 54.0 cm³/mol. The van der Waals surface area contributed by atoms with Crippen LogP contribution < -0.4 is 0 Å². The van der Waals surface area contributed by atoms with Crippen molar-refractivity contribution < 1.29 is 0 Å². The first-order chi connectivity index (χ1) is 6.33. The molecule has 1 heterocycles. The van der Waals surface area contributed by atoms with Crippen LogP contribution in [0.4, 0.5) is 0 Å². The lowest BCUT2D eigenvalue weighted by Gasteiger charge is -2.12. The zero-order chi connectivity index (χ0) is 9.26. The Labute approximate surface area is 83.9 Å². The molecule has 3 heteroatoms. The van der Waals surface area contributed by atoms with E-state index in [1.54, 1.807) is 0 Å². The fraction of sp³-hybridized carbons (Fsp3) is 0.700. The number of alkyl halides is 1.